The largest absolute Gasteiger partial charge is 0.478 e. The van der Waals surface area contributed by atoms with Gasteiger partial charge in [0, 0.05) is 24.7 Å². The summed E-state index contributed by atoms with van der Waals surface area (Å²) < 4.78 is 5.32. The lowest BCUT2D eigenvalue weighted by Crippen LogP contribution is -2.24. The van der Waals surface area contributed by atoms with Crippen molar-refractivity contribution in [1.29, 1.82) is 0 Å². The van der Waals surface area contributed by atoms with Crippen LogP contribution in [0, 0.1) is 0 Å². The van der Waals surface area contributed by atoms with Gasteiger partial charge in [0.05, 0.1) is 18.5 Å². The zero-order valence-electron chi connectivity index (χ0n) is 10.8. The Morgan fingerprint density at radius 2 is 2.35 bits per heavy atom. The molecule has 17 heavy (non-hydrogen) atoms. The molecule has 94 valence electrons. The van der Waals surface area contributed by atoms with Gasteiger partial charge in [-0.05, 0) is 33.4 Å². The van der Waals surface area contributed by atoms with E-state index in [0.717, 1.165) is 12.2 Å². The molecule has 1 aromatic heterocycles. The van der Waals surface area contributed by atoms with E-state index in [-0.39, 0.29) is 0 Å². The summed E-state index contributed by atoms with van der Waals surface area (Å²) in [6, 6.07) is 5.12. The van der Waals surface area contributed by atoms with Gasteiger partial charge in [-0.25, -0.2) is 4.98 Å². The van der Waals surface area contributed by atoms with Crippen molar-refractivity contribution in [1.82, 2.24) is 9.88 Å². The van der Waals surface area contributed by atoms with Crippen LogP contribution in [-0.4, -0.2) is 42.2 Å². The van der Waals surface area contributed by atoms with Crippen LogP contribution in [0.3, 0.4) is 0 Å². The first-order valence-corrected chi connectivity index (χ1v) is 6.24. The van der Waals surface area contributed by atoms with Crippen LogP contribution in [-0.2, 0) is 0 Å². The Kier molecular flexibility index (Phi) is 3.84. The molecule has 2 rings (SSSR count). The molecule has 1 aromatic rings. The van der Waals surface area contributed by atoms with E-state index in [4.69, 9.17) is 4.74 Å². The third-order valence-electron chi connectivity index (χ3n) is 3.29. The molecule has 4 nitrogen and oxygen atoms in total. The normalized spacial score (nSPS) is 24.9. The number of hydrogen-bond acceptors (Lipinski definition) is 4. The Labute approximate surface area is 103 Å². The van der Waals surface area contributed by atoms with E-state index in [9.17, 15) is 0 Å². The fourth-order valence-corrected chi connectivity index (χ4v) is 2.23. The molecule has 1 aliphatic rings. The lowest BCUT2D eigenvalue weighted by Gasteiger charge is -2.14. The van der Waals surface area contributed by atoms with Gasteiger partial charge in [-0.15, -0.1) is 0 Å². The van der Waals surface area contributed by atoms with Crippen LogP contribution in [0.5, 0.6) is 5.88 Å². The number of nitrogens with one attached hydrogen (secondary N) is 1. The average molecular weight is 235 g/mol. The highest BCUT2D eigenvalue weighted by Crippen LogP contribution is 2.20. The van der Waals surface area contributed by atoms with Crippen LogP contribution >= 0.6 is 0 Å². The Morgan fingerprint density at radius 3 is 2.88 bits per heavy atom. The minimum atomic E-state index is 0.523. The van der Waals surface area contributed by atoms with Crippen LogP contribution in [0.4, 0.5) is 5.69 Å². The van der Waals surface area contributed by atoms with Crippen molar-refractivity contribution in [3.63, 3.8) is 0 Å². The molecule has 1 N–H and O–H groups in total. The number of likely N-dealkylation sites (tertiary alicyclic amines) is 1. The van der Waals surface area contributed by atoms with Gasteiger partial charge in [0.1, 0.15) is 0 Å². The standard InChI is InChI=1S/C13H21N3O/c1-4-17-13-6-5-11(8-14-13)15-12-7-10(2)16(3)9-12/h5-6,8,10,12,15H,4,7,9H2,1-3H3. The Bertz CT molecular complexity index is 342. The molecule has 0 saturated carbocycles. The van der Waals surface area contributed by atoms with Crippen LogP contribution in [0.25, 0.3) is 0 Å². The number of likely N-dealkylation sites (N-methyl/N-ethyl adjacent to an activating group) is 1. The van der Waals surface area contributed by atoms with E-state index in [1.165, 1.54) is 6.42 Å². The van der Waals surface area contributed by atoms with Crippen LogP contribution < -0.4 is 10.1 Å². The fourth-order valence-electron chi connectivity index (χ4n) is 2.23. The van der Waals surface area contributed by atoms with Crippen molar-refractivity contribution in [2.24, 2.45) is 0 Å². The second-order valence-electron chi connectivity index (χ2n) is 4.68. The maximum absolute atomic E-state index is 5.32. The molecule has 0 aromatic carbocycles. The second-order valence-corrected chi connectivity index (χ2v) is 4.68. The predicted octanol–water partition coefficient (Wildman–Crippen LogP) is 1.98. The highest BCUT2D eigenvalue weighted by molar-refractivity contribution is 5.43. The zero-order chi connectivity index (χ0) is 12.3. The molecular formula is C13H21N3O. The third kappa shape index (κ3) is 3.09. The number of nitrogens with zero attached hydrogens (tertiary/aromatic N) is 2. The van der Waals surface area contributed by atoms with E-state index in [1.807, 2.05) is 25.3 Å². The van der Waals surface area contributed by atoms with Gasteiger partial charge in [0.15, 0.2) is 0 Å². The lowest BCUT2D eigenvalue weighted by molar-refractivity contribution is 0.327. The quantitative estimate of drug-likeness (QED) is 0.866. The smallest absolute Gasteiger partial charge is 0.213 e. The molecule has 4 heteroatoms. The number of pyridine rings is 1. The highest BCUT2D eigenvalue weighted by Gasteiger charge is 2.25. The summed E-state index contributed by atoms with van der Waals surface area (Å²) in [6.45, 7) is 5.97. The van der Waals surface area contributed by atoms with Gasteiger partial charge < -0.3 is 15.0 Å². The fraction of sp³-hybridized carbons (Fsp3) is 0.615. The van der Waals surface area contributed by atoms with E-state index in [0.29, 0.717) is 24.6 Å². The minimum absolute atomic E-state index is 0.523. The van der Waals surface area contributed by atoms with Crippen molar-refractivity contribution in [2.45, 2.75) is 32.4 Å². The average Bonchev–Trinajstić information content (AvgIpc) is 2.61. The zero-order valence-corrected chi connectivity index (χ0v) is 10.8. The van der Waals surface area contributed by atoms with Crippen LogP contribution in [0.15, 0.2) is 18.3 Å². The molecule has 0 radical (unpaired) electrons. The summed E-state index contributed by atoms with van der Waals surface area (Å²) in [5, 5.41) is 3.51. The van der Waals surface area contributed by atoms with Crippen LogP contribution in [0.1, 0.15) is 20.3 Å². The van der Waals surface area contributed by atoms with Crippen molar-refractivity contribution in [3.8, 4) is 5.88 Å². The number of aromatic nitrogens is 1. The van der Waals surface area contributed by atoms with Crippen molar-refractivity contribution >= 4 is 5.69 Å². The van der Waals surface area contributed by atoms with E-state index >= 15 is 0 Å². The van der Waals surface area contributed by atoms with Gasteiger partial charge >= 0.3 is 0 Å². The Hall–Kier alpha value is -1.29. The Balaban J connectivity index is 1.91. The SMILES string of the molecule is CCOc1ccc(NC2CC(C)N(C)C2)cn1. The highest BCUT2D eigenvalue weighted by atomic mass is 16.5. The maximum Gasteiger partial charge on any atom is 0.213 e. The Morgan fingerprint density at radius 1 is 1.53 bits per heavy atom. The summed E-state index contributed by atoms with van der Waals surface area (Å²) in [6.07, 6.45) is 3.03. The van der Waals surface area contributed by atoms with E-state index in [1.54, 1.807) is 0 Å². The molecule has 1 saturated heterocycles. The second kappa shape index (κ2) is 5.36. The number of hydrogen-bond donors (Lipinski definition) is 1. The summed E-state index contributed by atoms with van der Waals surface area (Å²) in [4.78, 5) is 6.62. The van der Waals surface area contributed by atoms with Gasteiger partial charge in [-0.2, -0.15) is 0 Å². The lowest BCUT2D eigenvalue weighted by atomic mass is 10.2. The molecule has 0 aliphatic carbocycles. The summed E-state index contributed by atoms with van der Waals surface area (Å²) in [5.41, 5.74) is 1.07. The molecule has 0 amide bonds. The molecule has 2 unspecified atom stereocenters. The third-order valence-corrected chi connectivity index (χ3v) is 3.29. The molecule has 2 heterocycles. The first-order valence-electron chi connectivity index (χ1n) is 6.24. The molecule has 2 atom stereocenters. The molecular weight excluding hydrogens is 214 g/mol. The van der Waals surface area contributed by atoms with E-state index < -0.39 is 0 Å². The summed E-state index contributed by atoms with van der Waals surface area (Å²) in [7, 11) is 2.17. The minimum Gasteiger partial charge on any atom is -0.478 e. The van der Waals surface area contributed by atoms with Gasteiger partial charge in [-0.3, -0.25) is 0 Å². The topological polar surface area (TPSA) is 37.4 Å². The maximum atomic E-state index is 5.32. The number of rotatable bonds is 4. The molecule has 0 bridgehead atoms. The summed E-state index contributed by atoms with van der Waals surface area (Å²) >= 11 is 0. The predicted molar refractivity (Wildman–Crippen MR) is 69.5 cm³/mol. The molecule has 0 spiro atoms. The first kappa shape index (κ1) is 12.2. The van der Waals surface area contributed by atoms with Crippen LogP contribution in [0.2, 0.25) is 0 Å². The van der Waals surface area contributed by atoms with Crippen molar-refractivity contribution in [2.75, 3.05) is 25.5 Å². The number of ether oxygens (including phenoxy) is 1. The van der Waals surface area contributed by atoms with Crippen molar-refractivity contribution in [3.05, 3.63) is 18.3 Å². The molecule has 1 fully saturated rings. The first-order chi connectivity index (χ1) is 8.19. The molecule has 1 aliphatic heterocycles. The van der Waals surface area contributed by atoms with Crippen molar-refractivity contribution < 1.29 is 4.74 Å². The van der Waals surface area contributed by atoms with Gasteiger partial charge in [-0.1, -0.05) is 0 Å². The summed E-state index contributed by atoms with van der Waals surface area (Å²) in [5.74, 6) is 0.690. The monoisotopic (exact) mass is 235 g/mol. The van der Waals surface area contributed by atoms with Gasteiger partial charge in [0.25, 0.3) is 0 Å². The van der Waals surface area contributed by atoms with E-state index in [2.05, 4.69) is 29.2 Å². The number of anilines is 1. The van der Waals surface area contributed by atoms with Gasteiger partial charge in [0.2, 0.25) is 5.88 Å².